The third-order valence-corrected chi connectivity index (χ3v) is 3.69. The van der Waals surface area contributed by atoms with Gasteiger partial charge in [0.05, 0.1) is 6.54 Å². The van der Waals surface area contributed by atoms with Gasteiger partial charge in [-0.3, -0.25) is 0 Å². The Morgan fingerprint density at radius 2 is 2.00 bits per heavy atom. The first-order chi connectivity index (χ1) is 9.24. The van der Waals surface area contributed by atoms with E-state index in [1.807, 2.05) is 34.8 Å². The van der Waals surface area contributed by atoms with Gasteiger partial charge in [-0.2, -0.15) is 9.61 Å². The van der Waals surface area contributed by atoms with Crippen LogP contribution in [0.2, 0.25) is 0 Å². The molecule has 0 amide bonds. The molecule has 6 heteroatoms. The predicted octanol–water partition coefficient (Wildman–Crippen LogP) is 2.92. The number of rotatable bonds is 4. The van der Waals surface area contributed by atoms with Crippen molar-refractivity contribution in [3.05, 3.63) is 41.2 Å². The Bertz CT molecular complexity index is 671. The summed E-state index contributed by atoms with van der Waals surface area (Å²) in [5, 5.41) is 17.2. The van der Waals surface area contributed by atoms with Crippen LogP contribution in [0, 0.1) is 0 Å². The Morgan fingerprint density at radius 3 is 2.74 bits per heavy atom. The van der Waals surface area contributed by atoms with Crippen molar-refractivity contribution in [2.75, 3.05) is 5.32 Å². The number of para-hydroxylation sites is 1. The van der Waals surface area contributed by atoms with Crippen LogP contribution in [-0.4, -0.2) is 19.8 Å². The average molecular weight is 273 g/mol. The van der Waals surface area contributed by atoms with Crippen molar-refractivity contribution in [3.8, 4) is 0 Å². The van der Waals surface area contributed by atoms with E-state index in [9.17, 15) is 0 Å². The molecule has 0 aliphatic rings. The Balaban J connectivity index is 1.79. The molecule has 19 heavy (non-hydrogen) atoms. The molecule has 0 fully saturated rings. The van der Waals surface area contributed by atoms with Gasteiger partial charge in [0, 0.05) is 11.6 Å². The Hall–Kier alpha value is -1.95. The van der Waals surface area contributed by atoms with Crippen molar-refractivity contribution in [1.82, 2.24) is 19.8 Å². The molecule has 0 radical (unpaired) electrons. The van der Waals surface area contributed by atoms with Crippen LogP contribution < -0.4 is 5.32 Å². The lowest BCUT2D eigenvalue weighted by Gasteiger charge is -2.02. The van der Waals surface area contributed by atoms with Gasteiger partial charge in [0.15, 0.2) is 5.82 Å². The summed E-state index contributed by atoms with van der Waals surface area (Å²) < 4.78 is 1.84. The maximum absolute atomic E-state index is 4.56. The fourth-order valence-corrected chi connectivity index (χ4v) is 2.62. The van der Waals surface area contributed by atoms with E-state index in [-0.39, 0.29) is 0 Å². The van der Waals surface area contributed by atoms with Gasteiger partial charge in [0.25, 0.3) is 0 Å². The Morgan fingerprint density at radius 1 is 1.21 bits per heavy atom. The maximum atomic E-state index is 4.56. The molecule has 0 bridgehead atoms. The van der Waals surface area contributed by atoms with Gasteiger partial charge < -0.3 is 5.32 Å². The van der Waals surface area contributed by atoms with Gasteiger partial charge in [0.1, 0.15) is 5.01 Å². The van der Waals surface area contributed by atoms with E-state index in [0.29, 0.717) is 12.5 Å². The standard InChI is InChI=1S/C13H15N5S/c1-9(2)12-15-16-13-18(12)17-11(19-13)8-14-10-6-4-3-5-7-10/h3-7,9,14H,8H2,1-2H3. The fourth-order valence-electron chi connectivity index (χ4n) is 1.84. The number of aromatic nitrogens is 4. The van der Waals surface area contributed by atoms with Crippen LogP contribution >= 0.6 is 11.3 Å². The zero-order chi connectivity index (χ0) is 13.2. The molecule has 98 valence electrons. The number of nitrogens with one attached hydrogen (secondary N) is 1. The third kappa shape index (κ3) is 2.44. The Kier molecular flexibility index (Phi) is 3.16. The van der Waals surface area contributed by atoms with Crippen molar-refractivity contribution in [2.24, 2.45) is 0 Å². The summed E-state index contributed by atoms with van der Waals surface area (Å²) in [4.78, 5) is 0.855. The van der Waals surface area contributed by atoms with Crippen molar-refractivity contribution < 1.29 is 0 Å². The molecule has 0 unspecified atom stereocenters. The molecule has 0 saturated carbocycles. The quantitative estimate of drug-likeness (QED) is 0.794. The average Bonchev–Trinajstić information content (AvgIpc) is 2.96. The molecule has 5 nitrogen and oxygen atoms in total. The second-order valence-electron chi connectivity index (χ2n) is 4.62. The van der Waals surface area contributed by atoms with Gasteiger partial charge in [-0.05, 0) is 12.1 Å². The van der Waals surface area contributed by atoms with Gasteiger partial charge in [-0.15, -0.1) is 10.2 Å². The highest BCUT2D eigenvalue weighted by molar-refractivity contribution is 7.16. The molecular formula is C13H15N5S. The second kappa shape index (κ2) is 4.97. The fraction of sp³-hybridized carbons (Fsp3) is 0.308. The van der Waals surface area contributed by atoms with E-state index in [4.69, 9.17) is 0 Å². The minimum Gasteiger partial charge on any atom is -0.378 e. The number of hydrogen-bond acceptors (Lipinski definition) is 5. The third-order valence-electron chi connectivity index (χ3n) is 2.79. The molecule has 3 aromatic rings. The first-order valence-corrected chi connectivity index (χ1v) is 7.05. The molecule has 0 spiro atoms. The summed E-state index contributed by atoms with van der Waals surface area (Å²) in [6, 6.07) is 10.1. The molecule has 0 aliphatic heterocycles. The first-order valence-electron chi connectivity index (χ1n) is 6.24. The number of anilines is 1. The second-order valence-corrected chi connectivity index (χ2v) is 5.66. The molecule has 2 aromatic heterocycles. The number of hydrogen-bond donors (Lipinski definition) is 1. The lowest BCUT2D eigenvalue weighted by molar-refractivity contribution is 0.719. The minimum atomic E-state index is 0.326. The van der Waals surface area contributed by atoms with Crippen molar-refractivity contribution in [2.45, 2.75) is 26.3 Å². The topological polar surface area (TPSA) is 55.1 Å². The van der Waals surface area contributed by atoms with Crippen molar-refractivity contribution in [3.63, 3.8) is 0 Å². The smallest absolute Gasteiger partial charge is 0.234 e. The summed E-state index contributed by atoms with van der Waals surface area (Å²) in [7, 11) is 0. The normalized spacial score (nSPS) is 11.3. The highest BCUT2D eigenvalue weighted by atomic mass is 32.1. The minimum absolute atomic E-state index is 0.326. The molecule has 3 rings (SSSR count). The summed E-state index contributed by atoms with van der Waals surface area (Å²) in [5.74, 6) is 1.24. The van der Waals surface area contributed by atoms with Crippen molar-refractivity contribution >= 4 is 22.0 Å². The van der Waals surface area contributed by atoms with E-state index >= 15 is 0 Å². The number of benzene rings is 1. The van der Waals surface area contributed by atoms with Gasteiger partial charge >= 0.3 is 0 Å². The van der Waals surface area contributed by atoms with Crippen LogP contribution in [0.1, 0.15) is 30.6 Å². The maximum Gasteiger partial charge on any atom is 0.234 e. The van der Waals surface area contributed by atoms with E-state index < -0.39 is 0 Å². The lowest BCUT2D eigenvalue weighted by Crippen LogP contribution is -2.02. The molecule has 0 aliphatic carbocycles. The van der Waals surface area contributed by atoms with Crippen LogP contribution in [-0.2, 0) is 6.54 Å². The van der Waals surface area contributed by atoms with Crippen LogP contribution in [0.5, 0.6) is 0 Å². The number of fused-ring (bicyclic) bond motifs is 1. The van der Waals surface area contributed by atoms with E-state index in [2.05, 4.69) is 34.5 Å². The zero-order valence-corrected chi connectivity index (χ0v) is 11.7. The monoisotopic (exact) mass is 273 g/mol. The van der Waals surface area contributed by atoms with Crippen LogP contribution in [0.25, 0.3) is 4.96 Å². The highest BCUT2D eigenvalue weighted by Crippen LogP contribution is 2.19. The highest BCUT2D eigenvalue weighted by Gasteiger charge is 2.13. The lowest BCUT2D eigenvalue weighted by atomic mass is 10.2. The summed E-state index contributed by atoms with van der Waals surface area (Å²) in [6.07, 6.45) is 0. The predicted molar refractivity (Wildman–Crippen MR) is 76.5 cm³/mol. The van der Waals surface area contributed by atoms with Gasteiger partial charge in [0.2, 0.25) is 4.96 Å². The number of nitrogens with zero attached hydrogens (tertiary/aromatic N) is 4. The van der Waals surface area contributed by atoms with E-state index in [1.165, 1.54) is 0 Å². The summed E-state index contributed by atoms with van der Waals surface area (Å²) in [5.41, 5.74) is 1.09. The summed E-state index contributed by atoms with van der Waals surface area (Å²) >= 11 is 1.57. The Labute approximate surface area is 115 Å². The largest absolute Gasteiger partial charge is 0.378 e. The van der Waals surface area contributed by atoms with E-state index in [0.717, 1.165) is 21.5 Å². The van der Waals surface area contributed by atoms with Gasteiger partial charge in [-0.25, -0.2) is 0 Å². The molecule has 1 aromatic carbocycles. The van der Waals surface area contributed by atoms with Crippen LogP contribution in [0.15, 0.2) is 30.3 Å². The van der Waals surface area contributed by atoms with Crippen molar-refractivity contribution in [1.29, 1.82) is 0 Å². The van der Waals surface area contributed by atoms with Gasteiger partial charge in [-0.1, -0.05) is 43.4 Å². The molecule has 0 saturated heterocycles. The summed E-state index contributed by atoms with van der Waals surface area (Å²) in [6.45, 7) is 4.89. The molecule has 1 N–H and O–H groups in total. The SMILES string of the molecule is CC(C)c1nnc2sc(CNc3ccccc3)nn12. The first kappa shape index (κ1) is 12.1. The molecular weight excluding hydrogens is 258 g/mol. The van der Waals surface area contributed by atoms with Crippen LogP contribution in [0.4, 0.5) is 5.69 Å². The van der Waals surface area contributed by atoms with E-state index in [1.54, 1.807) is 11.3 Å². The van der Waals surface area contributed by atoms with Crippen LogP contribution in [0.3, 0.4) is 0 Å². The molecule has 2 heterocycles. The zero-order valence-electron chi connectivity index (χ0n) is 10.9. The molecule has 0 atom stereocenters.